The van der Waals surface area contributed by atoms with Crippen LogP contribution in [0.15, 0.2) is 18.2 Å². The van der Waals surface area contributed by atoms with Crippen molar-refractivity contribution in [3.63, 3.8) is 0 Å². The zero-order chi connectivity index (χ0) is 21.8. The van der Waals surface area contributed by atoms with Gasteiger partial charge in [-0.3, -0.25) is 0 Å². The third-order valence-electron chi connectivity index (χ3n) is 4.87. The Morgan fingerprint density at radius 2 is 1.48 bits per heavy atom. The number of hydrogen-bond acceptors (Lipinski definition) is 2. The number of alkyl halides is 6. The molecule has 1 aromatic carbocycles. The molecule has 0 saturated carbocycles. The molecule has 0 aliphatic carbocycles. The molecule has 1 heterocycles. The van der Waals surface area contributed by atoms with Crippen molar-refractivity contribution >= 4 is 23.0 Å². The monoisotopic (exact) mass is 441 g/mol. The summed E-state index contributed by atoms with van der Waals surface area (Å²) in [5.74, 6) is 0.170. The molecule has 0 amide bonds. The third kappa shape index (κ3) is 7.33. The largest absolute Gasteiger partial charge is 0.416 e. The number of rotatable bonds is 5. The molecule has 1 atom stereocenters. The first-order valence-electron chi connectivity index (χ1n) is 9.45. The summed E-state index contributed by atoms with van der Waals surface area (Å²) in [7, 11) is 0. The molecule has 0 aromatic heterocycles. The topological polar surface area (TPSA) is 27.3 Å². The second-order valence-electron chi connectivity index (χ2n) is 7.60. The van der Waals surface area contributed by atoms with Crippen molar-refractivity contribution in [2.75, 3.05) is 25.0 Å². The van der Waals surface area contributed by atoms with Gasteiger partial charge in [0.1, 0.15) is 0 Å². The number of hydrogen-bond donors (Lipinski definition) is 2. The summed E-state index contributed by atoms with van der Waals surface area (Å²) in [6.07, 6.45) is -6.40. The smallest absolute Gasteiger partial charge is 0.358 e. The van der Waals surface area contributed by atoms with Crippen LogP contribution in [0, 0.1) is 5.92 Å². The van der Waals surface area contributed by atoms with Crippen LogP contribution in [0.2, 0.25) is 0 Å². The summed E-state index contributed by atoms with van der Waals surface area (Å²) in [6.45, 7) is 6.60. The molecule has 2 N–H and O–H groups in total. The van der Waals surface area contributed by atoms with Gasteiger partial charge in [0, 0.05) is 18.3 Å². The lowest BCUT2D eigenvalue weighted by Crippen LogP contribution is -2.49. The van der Waals surface area contributed by atoms with E-state index in [-0.39, 0.29) is 28.8 Å². The average molecular weight is 441 g/mol. The van der Waals surface area contributed by atoms with Crippen LogP contribution in [0.3, 0.4) is 0 Å². The number of nitrogens with zero attached hydrogens (tertiary/aromatic N) is 1. The van der Waals surface area contributed by atoms with Crippen LogP contribution in [0.5, 0.6) is 0 Å². The maximum absolute atomic E-state index is 13.0. The fourth-order valence-electron chi connectivity index (χ4n) is 3.21. The van der Waals surface area contributed by atoms with Crippen molar-refractivity contribution in [3.8, 4) is 0 Å². The maximum Gasteiger partial charge on any atom is 0.416 e. The molecule has 10 heteroatoms. The molecule has 1 aliphatic heterocycles. The van der Waals surface area contributed by atoms with Gasteiger partial charge in [-0.2, -0.15) is 26.3 Å². The quantitative estimate of drug-likeness (QED) is 0.465. The summed E-state index contributed by atoms with van der Waals surface area (Å²) in [6, 6.07) is 1.26. The van der Waals surface area contributed by atoms with Gasteiger partial charge in [0.05, 0.1) is 11.1 Å². The fraction of sp³-hybridized carbons (Fsp3) is 0.632. The molecule has 2 rings (SSSR count). The van der Waals surface area contributed by atoms with Gasteiger partial charge in [0.25, 0.3) is 0 Å². The highest BCUT2D eigenvalue weighted by Crippen LogP contribution is 2.37. The van der Waals surface area contributed by atoms with Crippen LogP contribution in [0.25, 0.3) is 0 Å². The van der Waals surface area contributed by atoms with Gasteiger partial charge in [-0.1, -0.05) is 20.3 Å². The molecule has 1 unspecified atom stereocenters. The first-order chi connectivity index (χ1) is 13.4. The van der Waals surface area contributed by atoms with Crippen molar-refractivity contribution < 1.29 is 26.3 Å². The van der Waals surface area contributed by atoms with Gasteiger partial charge in [-0.25, -0.2) is 0 Å². The number of likely N-dealkylation sites (tertiary alicyclic amines) is 1. The number of thiocarbonyl (C=S) groups is 1. The fourth-order valence-corrected chi connectivity index (χ4v) is 3.48. The predicted molar refractivity (Wildman–Crippen MR) is 105 cm³/mol. The molecule has 3 nitrogen and oxygen atoms in total. The Bertz CT molecular complexity index is 664. The van der Waals surface area contributed by atoms with Gasteiger partial charge < -0.3 is 15.5 Å². The SMILES string of the molecule is CC(C)C(CN1CCCCC1)NC(=S)Nc1cc(C(F)(F)F)cc(C(F)(F)F)c1. The Balaban J connectivity index is 2.13. The normalized spacial score (nSPS) is 17.3. The number of anilines is 1. The van der Waals surface area contributed by atoms with Crippen LogP contribution in [0.1, 0.15) is 44.2 Å². The lowest BCUT2D eigenvalue weighted by molar-refractivity contribution is -0.143. The third-order valence-corrected chi connectivity index (χ3v) is 5.09. The van der Waals surface area contributed by atoms with E-state index in [9.17, 15) is 26.3 Å². The summed E-state index contributed by atoms with van der Waals surface area (Å²) >= 11 is 5.17. The molecule has 164 valence electrons. The lowest BCUT2D eigenvalue weighted by atomic mass is 10.0. The minimum absolute atomic E-state index is 0.00633. The van der Waals surface area contributed by atoms with Crippen LogP contribution < -0.4 is 10.6 Å². The Morgan fingerprint density at radius 3 is 1.93 bits per heavy atom. The molecular weight excluding hydrogens is 416 g/mol. The van der Waals surface area contributed by atoms with E-state index >= 15 is 0 Å². The second-order valence-corrected chi connectivity index (χ2v) is 8.01. The molecule has 0 spiro atoms. The second kappa shape index (κ2) is 9.51. The van der Waals surface area contributed by atoms with E-state index in [0.717, 1.165) is 25.9 Å². The number of piperidine rings is 1. The molecule has 1 saturated heterocycles. The van der Waals surface area contributed by atoms with Gasteiger partial charge in [0.2, 0.25) is 0 Å². The molecule has 0 radical (unpaired) electrons. The molecule has 1 aromatic rings. The lowest BCUT2D eigenvalue weighted by Gasteiger charge is -2.33. The summed E-state index contributed by atoms with van der Waals surface area (Å²) in [5.41, 5.74) is -3.12. The highest BCUT2D eigenvalue weighted by Gasteiger charge is 2.37. The van der Waals surface area contributed by atoms with Gasteiger partial charge in [-0.05, 0) is 62.3 Å². The van der Waals surface area contributed by atoms with Gasteiger partial charge in [-0.15, -0.1) is 0 Å². The summed E-state index contributed by atoms with van der Waals surface area (Å²) in [4.78, 5) is 2.29. The maximum atomic E-state index is 13.0. The van der Waals surface area contributed by atoms with Crippen LogP contribution in [-0.2, 0) is 12.4 Å². The molecular formula is C19H25F6N3S. The van der Waals surface area contributed by atoms with E-state index in [1.165, 1.54) is 6.42 Å². The van der Waals surface area contributed by atoms with Crippen molar-refractivity contribution in [1.29, 1.82) is 0 Å². The zero-order valence-corrected chi connectivity index (χ0v) is 17.1. The van der Waals surface area contributed by atoms with E-state index in [4.69, 9.17) is 12.2 Å². The van der Waals surface area contributed by atoms with Crippen molar-refractivity contribution in [3.05, 3.63) is 29.3 Å². The van der Waals surface area contributed by atoms with Crippen molar-refractivity contribution in [2.45, 2.75) is 51.5 Å². The van der Waals surface area contributed by atoms with E-state index in [0.29, 0.717) is 18.7 Å². The first-order valence-corrected chi connectivity index (χ1v) is 9.86. The molecule has 1 aliphatic rings. The Labute approximate surface area is 171 Å². The standard InChI is InChI=1S/C19H25F6N3S/c1-12(2)16(11-28-6-4-3-5-7-28)27-17(29)26-15-9-13(18(20,21)22)8-14(10-15)19(23,24)25/h8-10,12,16H,3-7,11H2,1-2H3,(H2,26,27,29). The molecule has 0 bridgehead atoms. The van der Waals surface area contributed by atoms with Gasteiger partial charge >= 0.3 is 12.4 Å². The summed E-state index contributed by atoms with van der Waals surface area (Å²) in [5, 5.41) is 5.53. The van der Waals surface area contributed by atoms with E-state index in [1.54, 1.807) is 0 Å². The number of halogens is 6. The Hall–Kier alpha value is -1.55. The highest BCUT2D eigenvalue weighted by atomic mass is 32.1. The van der Waals surface area contributed by atoms with Gasteiger partial charge in [0.15, 0.2) is 5.11 Å². The number of nitrogens with one attached hydrogen (secondary N) is 2. The van der Waals surface area contributed by atoms with E-state index < -0.39 is 23.5 Å². The minimum atomic E-state index is -4.90. The Kier molecular flexibility index (Phi) is 7.78. The van der Waals surface area contributed by atoms with Crippen LogP contribution in [0.4, 0.5) is 32.0 Å². The highest BCUT2D eigenvalue weighted by molar-refractivity contribution is 7.80. The Morgan fingerprint density at radius 1 is 0.966 bits per heavy atom. The van der Waals surface area contributed by atoms with E-state index in [1.807, 2.05) is 13.8 Å². The molecule has 1 fully saturated rings. The zero-order valence-electron chi connectivity index (χ0n) is 16.3. The van der Waals surface area contributed by atoms with Crippen LogP contribution >= 0.6 is 12.2 Å². The van der Waals surface area contributed by atoms with Crippen LogP contribution in [-0.4, -0.2) is 35.7 Å². The predicted octanol–water partition coefficient (Wildman–Crippen LogP) is 5.52. The average Bonchev–Trinajstić information content (AvgIpc) is 2.60. The first kappa shape index (κ1) is 23.7. The molecule has 29 heavy (non-hydrogen) atoms. The van der Waals surface area contributed by atoms with E-state index in [2.05, 4.69) is 15.5 Å². The van der Waals surface area contributed by atoms with Crippen molar-refractivity contribution in [1.82, 2.24) is 10.2 Å². The minimum Gasteiger partial charge on any atom is -0.358 e. The number of benzene rings is 1. The summed E-state index contributed by atoms with van der Waals surface area (Å²) < 4.78 is 78.0. The van der Waals surface area contributed by atoms with Crippen molar-refractivity contribution in [2.24, 2.45) is 5.92 Å².